The third kappa shape index (κ3) is 2.20. The fourth-order valence-electron chi connectivity index (χ4n) is 1.77. The minimum Gasteiger partial charge on any atom is -0.399 e. The van der Waals surface area contributed by atoms with E-state index in [0.29, 0.717) is 0 Å². The molecular formula is C14H14ClN. The van der Waals surface area contributed by atoms with Crippen molar-refractivity contribution in [1.82, 2.24) is 0 Å². The fraction of sp³-hybridized carbons (Fsp3) is 0.143. The molecule has 0 aliphatic heterocycles. The molecule has 2 aromatic carbocycles. The van der Waals surface area contributed by atoms with Gasteiger partial charge >= 0.3 is 0 Å². The van der Waals surface area contributed by atoms with E-state index in [1.165, 1.54) is 5.56 Å². The lowest BCUT2D eigenvalue weighted by molar-refractivity contribution is 1.09. The Morgan fingerprint density at radius 2 is 1.62 bits per heavy atom. The summed E-state index contributed by atoms with van der Waals surface area (Å²) in [6.45, 7) is 1.98. The lowest BCUT2D eigenvalue weighted by Gasteiger charge is -2.11. The molecule has 0 aliphatic carbocycles. The Kier molecular flexibility index (Phi) is 3.16. The van der Waals surface area contributed by atoms with Gasteiger partial charge in [-0.2, -0.15) is 0 Å². The van der Waals surface area contributed by atoms with E-state index in [2.05, 4.69) is 12.1 Å². The topological polar surface area (TPSA) is 26.0 Å². The summed E-state index contributed by atoms with van der Waals surface area (Å²) in [6.07, 6.45) is 0. The van der Waals surface area contributed by atoms with Crippen molar-refractivity contribution in [1.29, 1.82) is 0 Å². The molecule has 1 nitrogen and oxygen atoms in total. The van der Waals surface area contributed by atoms with Crippen molar-refractivity contribution in [3.05, 3.63) is 54.1 Å². The highest BCUT2D eigenvalue weighted by Gasteiger charge is 2.08. The first kappa shape index (κ1) is 11.0. The molecule has 2 aromatic rings. The normalized spacial score (nSPS) is 12.4. The summed E-state index contributed by atoms with van der Waals surface area (Å²) >= 11 is 6.16. The van der Waals surface area contributed by atoms with Crippen molar-refractivity contribution in [3.8, 4) is 11.1 Å². The quantitative estimate of drug-likeness (QED) is 0.607. The zero-order valence-electron chi connectivity index (χ0n) is 9.15. The minimum atomic E-state index is 0.00810. The van der Waals surface area contributed by atoms with Crippen LogP contribution >= 0.6 is 11.6 Å². The van der Waals surface area contributed by atoms with Crippen LogP contribution in [0.5, 0.6) is 0 Å². The molecular weight excluding hydrogens is 218 g/mol. The number of alkyl halides is 1. The number of hydrogen-bond acceptors (Lipinski definition) is 1. The summed E-state index contributed by atoms with van der Waals surface area (Å²) in [5, 5.41) is 0.00810. The molecule has 0 saturated heterocycles. The van der Waals surface area contributed by atoms with Crippen LogP contribution in [-0.2, 0) is 0 Å². The number of benzene rings is 2. The molecule has 0 spiro atoms. The number of halogens is 1. The van der Waals surface area contributed by atoms with Gasteiger partial charge in [0.2, 0.25) is 0 Å². The molecule has 0 saturated carbocycles. The van der Waals surface area contributed by atoms with E-state index >= 15 is 0 Å². The van der Waals surface area contributed by atoms with E-state index in [9.17, 15) is 0 Å². The fourth-order valence-corrected chi connectivity index (χ4v) is 1.96. The Labute approximate surface area is 101 Å². The molecule has 0 heterocycles. The van der Waals surface area contributed by atoms with Gasteiger partial charge in [-0.05, 0) is 35.7 Å². The van der Waals surface area contributed by atoms with Crippen LogP contribution in [0.1, 0.15) is 17.9 Å². The predicted molar refractivity (Wildman–Crippen MR) is 70.6 cm³/mol. The van der Waals surface area contributed by atoms with Gasteiger partial charge in [0.25, 0.3) is 0 Å². The van der Waals surface area contributed by atoms with Crippen molar-refractivity contribution in [3.63, 3.8) is 0 Å². The van der Waals surface area contributed by atoms with Crippen LogP contribution in [-0.4, -0.2) is 0 Å². The molecule has 16 heavy (non-hydrogen) atoms. The molecule has 82 valence electrons. The maximum Gasteiger partial charge on any atom is 0.0563 e. The average Bonchev–Trinajstić information content (AvgIpc) is 2.30. The van der Waals surface area contributed by atoms with Crippen LogP contribution in [0.3, 0.4) is 0 Å². The van der Waals surface area contributed by atoms with Crippen molar-refractivity contribution < 1.29 is 0 Å². The van der Waals surface area contributed by atoms with E-state index < -0.39 is 0 Å². The summed E-state index contributed by atoms with van der Waals surface area (Å²) in [7, 11) is 0. The van der Waals surface area contributed by atoms with Gasteiger partial charge in [-0.15, -0.1) is 11.6 Å². The van der Waals surface area contributed by atoms with E-state index in [1.54, 1.807) is 0 Å². The highest BCUT2D eigenvalue weighted by Crippen LogP contribution is 2.31. The number of rotatable bonds is 2. The molecule has 0 bridgehead atoms. The van der Waals surface area contributed by atoms with Gasteiger partial charge < -0.3 is 5.73 Å². The van der Waals surface area contributed by atoms with Crippen molar-refractivity contribution in [2.24, 2.45) is 0 Å². The third-order valence-corrected chi connectivity index (χ3v) is 2.85. The predicted octanol–water partition coefficient (Wildman–Crippen LogP) is 4.24. The number of anilines is 1. The lowest BCUT2D eigenvalue weighted by atomic mass is 9.98. The SMILES string of the molecule is CC(Cl)c1ccccc1-c1ccc(N)cc1. The molecule has 1 atom stereocenters. The molecule has 2 rings (SSSR count). The van der Waals surface area contributed by atoms with Crippen molar-refractivity contribution in [2.75, 3.05) is 5.73 Å². The third-order valence-electron chi connectivity index (χ3n) is 2.61. The molecule has 0 aliphatic rings. The van der Waals surface area contributed by atoms with Gasteiger partial charge in [-0.25, -0.2) is 0 Å². The smallest absolute Gasteiger partial charge is 0.0563 e. The van der Waals surface area contributed by atoms with Gasteiger partial charge in [-0.3, -0.25) is 0 Å². The number of nitrogens with two attached hydrogens (primary N) is 1. The van der Waals surface area contributed by atoms with Gasteiger partial charge in [0.05, 0.1) is 5.38 Å². The molecule has 1 unspecified atom stereocenters. The first-order valence-electron chi connectivity index (χ1n) is 5.27. The highest BCUT2D eigenvalue weighted by molar-refractivity contribution is 6.21. The summed E-state index contributed by atoms with van der Waals surface area (Å²) in [5.74, 6) is 0. The Hall–Kier alpha value is -1.47. The zero-order chi connectivity index (χ0) is 11.5. The summed E-state index contributed by atoms with van der Waals surface area (Å²) in [6, 6.07) is 16.0. The molecule has 0 aromatic heterocycles. The second-order valence-electron chi connectivity index (χ2n) is 3.83. The Bertz CT molecular complexity index is 474. The second kappa shape index (κ2) is 4.58. The van der Waals surface area contributed by atoms with Crippen LogP contribution in [0, 0.1) is 0 Å². The molecule has 0 fully saturated rings. The van der Waals surface area contributed by atoms with E-state index in [1.807, 2.05) is 43.3 Å². The average molecular weight is 232 g/mol. The molecule has 0 radical (unpaired) electrons. The van der Waals surface area contributed by atoms with E-state index in [4.69, 9.17) is 17.3 Å². The molecule has 2 heteroatoms. The van der Waals surface area contributed by atoms with Crippen LogP contribution in [0.25, 0.3) is 11.1 Å². The number of nitrogen functional groups attached to an aromatic ring is 1. The maximum atomic E-state index is 6.16. The van der Waals surface area contributed by atoms with Crippen LogP contribution in [0.2, 0.25) is 0 Å². The van der Waals surface area contributed by atoms with E-state index in [0.717, 1.165) is 16.8 Å². The van der Waals surface area contributed by atoms with Crippen LogP contribution in [0.4, 0.5) is 5.69 Å². The summed E-state index contributed by atoms with van der Waals surface area (Å²) in [4.78, 5) is 0. The first-order valence-corrected chi connectivity index (χ1v) is 5.71. The van der Waals surface area contributed by atoms with Gasteiger partial charge in [-0.1, -0.05) is 36.4 Å². The van der Waals surface area contributed by atoms with E-state index in [-0.39, 0.29) is 5.38 Å². The molecule has 0 amide bonds. The van der Waals surface area contributed by atoms with Crippen molar-refractivity contribution in [2.45, 2.75) is 12.3 Å². The van der Waals surface area contributed by atoms with Gasteiger partial charge in [0.15, 0.2) is 0 Å². The van der Waals surface area contributed by atoms with Crippen LogP contribution in [0.15, 0.2) is 48.5 Å². The van der Waals surface area contributed by atoms with Gasteiger partial charge in [0.1, 0.15) is 0 Å². The highest BCUT2D eigenvalue weighted by atomic mass is 35.5. The Morgan fingerprint density at radius 1 is 1.00 bits per heavy atom. The van der Waals surface area contributed by atoms with Crippen LogP contribution < -0.4 is 5.73 Å². The Balaban J connectivity index is 2.51. The number of hydrogen-bond donors (Lipinski definition) is 1. The monoisotopic (exact) mass is 231 g/mol. The second-order valence-corrected chi connectivity index (χ2v) is 4.48. The largest absolute Gasteiger partial charge is 0.399 e. The Morgan fingerprint density at radius 3 is 2.25 bits per heavy atom. The summed E-state index contributed by atoms with van der Waals surface area (Å²) < 4.78 is 0. The standard InChI is InChI=1S/C14H14ClN/c1-10(15)13-4-2-3-5-14(13)11-6-8-12(16)9-7-11/h2-10H,16H2,1H3. The zero-order valence-corrected chi connectivity index (χ0v) is 9.91. The molecule has 2 N–H and O–H groups in total. The van der Waals surface area contributed by atoms with Gasteiger partial charge in [0, 0.05) is 5.69 Å². The first-order chi connectivity index (χ1) is 7.68. The lowest BCUT2D eigenvalue weighted by Crippen LogP contribution is -1.90. The maximum absolute atomic E-state index is 6.16. The summed E-state index contributed by atoms with van der Waals surface area (Å²) in [5.41, 5.74) is 9.92. The van der Waals surface area contributed by atoms with Crippen molar-refractivity contribution >= 4 is 17.3 Å². The minimum absolute atomic E-state index is 0.00810.